The van der Waals surface area contributed by atoms with Gasteiger partial charge in [0.15, 0.2) is 0 Å². The van der Waals surface area contributed by atoms with Crippen molar-refractivity contribution in [1.82, 2.24) is 0 Å². The summed E-state index contributed by atoms with van der Waals surface area (Å²) in [4.78, 5) is 46.5. The van der Waals surface area contributed by atoms with E-state index in [1.807, 2.05) is 13.8 Å². The van der Waals surface area contributed by atoms with E-state index in [1.165, 1.54) is 0 Å². The molecule has 5 nitrogen and oxygen atoms in total. The van der Waals surface area contributed by atoms with Crippen molar-refractivity contribution >= 4 is 23.3 Å². The molecule has 0 bridgehead atoms. The number of hydrogen-bond donors (Lipinski definition) is 0. The van der Waals surface area contributed by atoms with Gasteiger partial charge in [-0.05, 0) is 12.3 Å². The summed E-state index contributed by atoms with van der Waals surface area (Å²) in [5, 5.41) is 0. The first-order chi connectivity index (χ1) is 8.75. The molecule has 5 heteroatoms. The molecule has 0 aromatic carbocycles. The molecule has 0 aromatic heterocycles. The first-order valence-electron chi connectivity index (χ1n) is 6.48. The standard InChI is InChI=1S/C14H20O5/c1-4-19-13(18)6-9(15)5-10-11(16)7-14(2,3)8-12(10)17/h10H,4-8H2,1-3H3. The van der Waals surface area contributed by atoms with Gasteiger partial charge >= 0.3 is 5.97 Å². The summed E-state index contributed by atoms with van der Waals surface area (Å²) in [5.41, 5.74) is -0.325. The monoisotopic (exact) mass is 268 g/mol. The Morgan fingerprint density at radius 3 is 2.21 bits per heavy atom. The molecule has 1 aliphatic rings. The average molecular weight is 268 g/mol. The normalized spacial score (nSPS) is 19.3. The van der Waals surface area contributed by atoms with Crippen molar-refractivity contribution < 1.29 is 23.9 Å². The third-order valence-electron chi connectivity index (χ3n) is 3.16. The van der Waals surface area contributed by atoms with E-state index in [9.17, 15) is 19.2 Å². The van der Waals surface area contributed by atoms with Gasteiger partial charge in [0.05, 0.1) is 12.5 Å². The van der Waals surface area contributed by atoms with Crippen LogP contribution in [-0.2, 0) is 23.9 Å². The molecule has 0 radical (unpaired) electrons. The number of esters is 1. The second kappa shape index (κ2) is 6.08. The van der Waals surface area contributed by atoms with Gasteiger partial charge in [-0.3, -0.25) is 19.2 Å². The highest BCUT2D eigenvalue weighted by atomic mass is 16.5. The Kier molecular flexibility index (Phi) is 4.97. The molecule has 0 aromatic rings. The summed E-state index contributed by atoms with van der Waals surface area (Å²) < 4.78 is 4.66. The first-order valence-corrected chi connectivity index (χ1v) is 6.48. The average Bonchev–Trinajstić information content (AvgIpc) is 2.22. The van der Waals surface area contributed by atoms with Gasteiger partial charge in [0.25, 0.3) is 0 Å². The Morgan fingerprint density at radius 1 is 1.21 bits per heavy atom. The molecule has 1 aliphatic carbocycles. The number of ketones is 3. The molecule has 0 atom stereocenters. The van der Waals surface area contributed by atoms with Crippen molar-refractivity contribution in [1.29, 1.82) is 0 Å². The molecule has 19 heavy (non-hydrogen) atoms. The molecule has 0 heterocycles. The highest BCUT2D eigenvalue weighted by molar-refractivity contribution is 6.09. The van der Waals surface area contributed by atoms with Gasteiger partial charge in [-0.25, -0.2) is 0 Å². The smallest absolute Gasteiger partial charge is 0.313 e. The molecule has 0 aliphatic heterocycles. The predicted molar refractivity (Wildman–Crippen MR) is 67.4 cm³/mol. The summed E-state index contributed by atoms with van der Waals surface area (Å²) in [5.74, 6) is -2.28. The van der Waals surface area contributed by atoms with Crippen molar-refractivity contribution in [2.75, 3.05) is 6.61 Å². The van der Waals surface area contributed by atoms with E-state index in [1.54, 1.807) is 6.92 Å². The van der Waals surface area contributed by atoms with E-state index in [0.29, 0.717) is 12.8 Å². The van der Waals surface area contributed by atoms with Crippen LogP contribution in [0.3, 0.4) is 0 Å². The van der Waals surface area contributed by atoms with Crippen molar-refractivity contribution in [2.45, 2.75) is 46.5 Å². The lowest BCUT2D eigenvalue weighted by Crippen LogP contribution is -2.38. The van der Waals surface area contributed by atoms with Crippen molar-refractivity contribution in [2.24, 2.45) is 11.3 Å². The molecular weight excluding hydrogens is 248 g/mol. The van der Waals surface area contributed by atoms with Gasteiger partial charge in [0.2, 0.25) is 0 Å². The van der Waals surface area contributed by atoms with Crippen LogP contribution in [-0.4, -0.2) is 29.9 Å². The van der Waals surface area contributed by atoms with Crippen LogP contribution < -0.4 is 0 Å². The Labute approximate surface area is 112 Å². The van der Waals surface area contributed by atoms with Crippen molar-refractivity contribution in [3.05, 3.63) is 0 Å². The maximum atomic E-state index is 11.9. The Morgan fingerprint density at radius 2 is 1.74 bits per heavy atom. The molecule has 1 fully saturated rings. The summed E-state index contributed by atoms with van der Waals surface area (Å²) >= 11 is 0. The van der Waals surface area contributed by atoms with Crippen LogP contribution in [0.5, 0.6) is 0 Å². The predicted octanol–water partition coefficient (Wildman–Crippen LogP) is 1.47. The summed E-state index contributed by atoms with van der Waals surface area (Å²) in [7, 11) is 0. The van der Waals surface area contributed by atoms with E-state index < -0.39 is 17.7 Å². The van der Waals surface area contributed by atoms with Crippen LogP contribution in [0.2, 0.25) is 0 Å². The molecule has 0 saturated heterocycles. The van der Waals surface area contributed by atoms with Crippen LogP contribution >= 0.6 is 0 Å². The molecular formula is C14H20O5. The Balaban J connectivity index is 2.57. The Hall–Kier alpha value is -1.52. The molecule has 0 N–H and O–H groups in total. The number of Topliss-reactive ketones (excluding diaryl/α,β-unsaturated/α-hetero) is 3. The van der Waals surface area contributed by atoms with Crippen LogP contribution in [0.1, 0.15) is 46.5 Å². The molecule has 106 valence electrons. The van der Waals surface area contributed by atoms with Gasteiger partial charge < -0.3 is 4.74 Å². The minimum atomic E-state index is -0.866. The summed E-state index contributed by atoms with van der Waals surface area (Å²) in [6, 6.07) is 0. The zero-order chi connectivity index (χ0) is 14.6. The molecule has 0 amide bonds. The molecule has 1 rings (SSSR count). The lowest BCUT2D eigenvalue weighted by Gasteiger charge is -2.31. The number of rotatable bonds is 5. The van der Waals surface area contributed by atoms with Crippen molar-refractivity contribution in [3.63, 3.8) is 0 Å². The highest BCUT2D eigenvalue weighted by Crippen LogP contribution is 2.35. The Bertz CT molecular complexity index is 388. The highest BCUT2D eigenvalue weighted by Gasteiger charge is 2.40. The second-order valence-corrected chi connectivity index (χ2v) is 5.73. The van der Waals surface area contributed by atoms with E-state index >= 15 is 0 Å². The second-order valence-electron chi connectivity index (χ2n) is 5.73. The maximum absolute atomic E-state index is 11.9. The van der Waals surface area contributed by atoms with Crippen LogP contribution in [0.15, 0.2) is 0 Å². The lowest BCUT2D eigenvalue weighted by molar-refractivity contribution is -0.148. The van der Waals surface area contributed by atoms with Gasteiger partial charge in [-0.1, -0.05) is 13.8 Å². The fourth-order valence-electron chi connectivity index (χ4n) is 2.33. The molecule has 1 saturated carbocycles. The largest absolute Gasteiger partial charge is 0.466 e. The fourth-order valence-corrected chi connectivity index (χ4v) is 2.33. The third kappa shape index (κ3) is 4.58. The number of carbonyl (C=O) groups is 4. The zero-order valence-electron chi connectivity index (χ0n) is 11.7. The number of carbonyl (C=O) groups excluding carboxylic acids is 4. The van der Waals surface area contributed by atoms with E-state index in [0.717, 1.165) is 0 Å². The third-order valence-corrected chi connectivity index (χ3v) is 3.16. The fraction of sp³-hybridized carbons (Fsp3) is 0.714. The van der Waals surface area contributed by atoms with E-state index in [4.69, 9.17) is 0 Å². The van der Waals surface area contributed by atoms with Gasteiger partial charge in [-0.2, -0.15) is 0 Å². The minimum absolute atomic E-state index is 0.174. The molecule has 0 unspecified atom stereocenters. The SMILES string of the molecule is CCOC(=O)CC(=O)CC1C(=O)CC(C)(C)CC1=O. The van der Waals surface area contributed by atoms with Crippen LogP contribution in [0, 0.1) is 11.3 Å². The topological polar surface area (TPSA) is 77.5 Å². The van der Waals surface area contributed by atoms with E-state index in [2.05, 4.69) is 4.74 Å². The summed E-state index contributed by atoms with van der Waals surface area (Å²) in [6.45, 7) is 5.58. The quantitative estimate of drug-likeness (QED) is 0.557. The number of ether oxygens (including phenoxy) is 1. The summed E-state index contributed by atoms with van der Waals surface area (Å²) in [6.07, 6.45) is 0.0625. The maximum Gasteiger partial charge on any atom is 0.313 e. The molecule has 0 spiro atoms. The van der Waals surface area contributed by atoms with Gasteiger partial charge in [0.1, 0.15) is 23.8 Å². The van der Waals surface area contributed by atoms with Crippen molar-refractivity contribution in [3.8, 4) is 0 Å². The first kappa shape index (κ1) is 15.5. The van der Waals surface area contributed by atoms with Crippen LogP contribution in [0.25, 0.3) is 0 Å². The zero-order valence-corrected chi connectivity index (χ0v) is 11.7. The van der Waals surface area contributed by atoms with Gasteiger partial charge in [0, 0.05) is 19.3 Å². The van der Waals surface area contributed by atoms with Gasteiger partial charge in [-0.15, -0.1) is 0 Å². The minimum Gasteiger partial charge on any atom is -0.466 e. The van der Waals surface area contributed by atoms with E-state index in [-0.39, 0.29) is 36.4 Å². The number of hydrogen-bond acceptors (Lipinski definition) is 5. The lowest BCUT2D eigenvalue weighted by atomic mass is 9.70. The van der Waals surface area contributed by atoms with Crippen LogP contribution in [0.4, 0.5) is 0 Å².